The Morgan fingerprint density at radius 2 is 2.05 bits per heavy atom. The Hall–Kier alpha value is -1.91. The fourth-order valence-corrected chi connectivity index (χ4v) is 2.34. The Balaban J connectivity index is 2.11. The van der Waals surface area contributed by atoms with E-state index in [-0.39, 0.29) is 11.7 Å². The van der Waals surface area contributed by atoms with E-state index in [1.54, 1.807) is 12.1 Å². The molecule has 0 amide bonds. The van der Waals surface area contributed by atoms with Crippen LogP contribution in [0.2, 0.25) is 5.02 Å². The first-order valence-electron chi connectivity index (χ1n) is 6.70. The van der Waals surface area contributed by atoms with Crippen LogP contribution in [0.1, 0.15) is 29.7 Å². The summed E-state index contributed by atoms with van der Waals surface area (Å²) in [6.07, 6.45) is 0. The predicted molar refractivity (Wildman–Crippen MR) is 84.5 cm³/mol. The third-order valence-electron chi connectivity index (χ3n) is 3.38. The minimum Gasteiger partial charge on any atom is -0.306 e. The van der Waals surface area contributed by atoms with E-state index in [1.165, 1.54) is 11.6 Å². The summed E-state index contributed by atoms with van der Waals surface area (Å²) < 4.78 is 0. The van der Waals surface area contributed by atoms with E-state index in [2.05, 4.69) is 11.4 Å². The van der Waals surface area contributed by atoms with Crippen molar-refractivity contribution in [2.45, 2.75) is 26.4 Å². The standard InChI is InChI=1S/C16H17ClN2O2/c1-11-4-3-5-13(8-11)12(2)18-10-14-6-7-15(17)9-16(14)19(20)21/h3-9,12,18H,10H2,1-2H3/t12-/m1/s1. The largest absolute Gasteiger partial charge is 0.306 e. The lowest BCUT2D eigenvalue weighted by Gasteiger charge is -2.15. The van der Waals surface area contributed by atoms with Crippen molar-refractivity contribution in [1.29, 1.82) is 0 Å². The number of nitrogens with one attached hydrogen (secondary N) is 1. The molecular formula is C16H17ClN2O2. The normalized spacial score (nSPS) is 12.1. The van der Waals surface area contributed by atoms with Gasteiger partial charge in [-0.3, -0.25) is 10.1 Å². The number of aryl methyl sites for hydroxylation is 1. The Morgan fingerprint density at radius 1 is 1.29 bits per heavy atom. The lowest BCUT2D eigenvalue weighted by molar-refractivity contribution is -0.385. The van der Waals surface area contributed by atoms with Gasteiger partial charge in [0.05, 0.1) is 4.92 Å². The molecule has 0 fully saturated rings. The van der Waals surface area contributed by atoms with Crippen molar-refractivity contribution in [2.75, 3.05) is 0 Å². The van der Waals surface area contributed by atoms with Gasteiger partial charge in [-0.25, -0.2) is 0 Å². The number of rotatable bonds is 5. The topological polar surface area (TPSA) is 55.2 Å². The van der Waals surface area contributed by atoms with Gasteiger partial charge in [0.2, 0.25) is 0 Å². The molecule has 0 aliphatic rings. The molecular weight excluding hydrogens is 288 g/mol. The summed E-state index contributed by atoms with van der Waals surface area (Å²) in [4.78, 5) is 10.6. The third kappa shape index (κ3) is 4.03. The molecule has 0 saturated heterocycles. The second kappa shape index (κ2) is 6.70. The van der Waals surface area contributed by atoms with E-state index >= 15 is 0 Å². The molecule has 1 atom stereocenters. The van der Waals surface area contributed by atoms with Crippen LogP contribution < -0.4 is 5.32 Å². The maximum Gasteiger partial charge on any atom is 0.275 e. The first-order valence-corrected chi connectivity index (χ1v) is 7.08. The molecule has 2 rings (SSSR count). The molecule has 2 aromatic rings. The molecule has 0 unspecified atom stereocenters. The molecule has 5 heteroatoms. The van der Waals surface area contributed by atoms with Crippen molar-refractivity contribution in [2.24, 2.45) is 0 Å². The fourth-order valence-electron chi connectivity index (χ4n) is 2.18. The highest BCUT2D eigenvalue weighted by molar-refractivity contribution is 6.30. The van der Waals surface area contributed by atoms with Gasteiger partial charge < -0.3 is 5.32 Å². The van der Waals surface area contributed by atoms with Crippen molar-refractivity contribution in [3.05, 3.63) is 74.3 Å². The van der Waals surface area contributed by atoms with E-state index in [1.807, 2.05) is 32.0 Å². The zero-order valence-electron chi connectivity index (χ0n) is 12.0. The highest BCUT2D eigenvalue weighted by atomic mass is 35.5. The molecule has 0 aliphatic heterocycles. The van der Waals surface area contributed by atoms with Gasteiger partial charge in [0, 0.05) is 29.2 Å². The summed E-state index contributed by atoms with van der Waals surface area (Å²) in [5.41, 5.74) is 3.03. The van der Waals surface area contributed by atoms with Crippen LogP contribution in [0.15, 0.2) is 42.5 Å². The molecule has 110 valence electrons. The quantitative estimate of drug-likeness (QED) is 0.657. The summed E-state index contributed by atoms with van der Waals surface area (Å²) in [5, 5.41) is 14.7. The summed E-state index contributed by atoms with van der Waals surface area (Å²) in [6, 6.07) is 13.1. The maximum atomic E-state index is 11.1. The lowest BCUT2D eigenvalue weighted by Crippen LogP contribution is -2.18. The van der Waals surface area contributed by atoms with Crippen molar-refractivity contribution in [3.63, 3.8) is 0 Å². The van der Waals surface area contributed by atoms with Gasteiger partial charge in [-0.05, 0) is 31.5 Å². The van der Waals surface area contributed by atoms with E-state index in [0.29, 0.717) is 17.1 Å². The Kier molecular flexibility index (Phi) is 4.94. The van der Waals surface area contributed by atoms with E-state index in [4.69, 9.17) is 11.6 Å². The molecule has 0 radical (unpaired) electrons. The molecule has 0 aliphatic carbocycles. The van der Waals surface area contributed by atoms with Gasteiger partial charge in [0.1, 0.15) is 0 Å². The minimum absolute atomic E-state index is 0.0476. The SMILES string of the molecule is Cc1cccc([C@@H](C)NCc2ccc(Cl)cc2[N+](=O)[O-])c1. The number of hydrogen-bond acceptors (Lipinski definition) is 3. The second-order valence-electron chi connectivity index (χ2n) is 5.05. The van der Waals surface area contributed by atoms with Crippen molar-refractivity contribution in [3.8, 4) is 0 Å². The van der Waals surface area contributed by atoms with E-state index < -0.39 is 4.92 Å². The summed E-state index contributed by atoms with van der Waals surface area (Å²) in [7, 11) is 0. The Morgan fingerprint density at radius 3 is 2.71 bits per heavy atom. The van der Waals surface area contributed by atoms with Crippen LogP contribution in [0.5, 0.6) is 0 Å². The van der Waals surface area contributed by atoms with Crippen molar-refractivity contribution < 1.29 is 4.92 Å². The highest BCUT2D eigenvalue weighted by Crippen LogP contribution is 2.24. The van der Waals surface area contributed by atoms with E-state index in [9.17, 15) is 10.1 Å². The van der Waals surface area contributed by atoms with Gasteiger partial charge in [0.25, 0.3) is 5.69 Å². The summed E-state index contributed by atoms with van der Waals surface area (Å²) >= 11 is 5.81. The number of halogens is 1. The number of nitro benzene ring substituents is 1. The highest BCUT2D eigenvalue weighted by Gasteiger charge is 2.15. The first-order chi connectivity index (χ1) is 9.97. The monoisotopic (exact) mass is 304 g/mol. The number of nitro groups is 1. The average Bonchev–Trinajstić information content (AvgIpc) is 2.45. The zero-order valence-corrected chi connectivity index (χ0v) is 12.7. The van der Waals surface area contributed by atoms with Crippen LogP contribution >= 0.6 is 11.6 Å². The zero-order chi connectivity index (χ0) is 15.4. The average molecular weight is 305 g/mol. The number of benzene rings is 2. The smallest absolute Gasteiger partial charge is 0.275 e. The minimum atomic E-state index is -0.403. The van der Waals surface area contributed by atoms with Crippen LogP contribution in [0.4, 0.5) is 5.69 Å². The second-order valence-corrected chi connectivity index (χ2v) is 5.48. The fraction of sp³-hybridized carbons (Fsp3) is 0.250. The summed E-state index contributed by atoms with van der Waals surface area (Å²) in [5.74, 6) is 0. The summed E-state index contributed by atoms with van der Waals surface area (Å²) in [6.45, 7) is 4.50. The lowest BCUT2D eigenvalue weighted by atomic mass is 10.1. The molecule has 0 heterocycles. The molecule has 1 N–H and O–H groups in total. The van der Waals surface area contributed by atoms with Gasteiger partial charge in [0.15, 0.2) is 0 Å². The van der Waals surface area contributed by atoms with Gasteiger partial charge in [-0.2, -0.15) is 0 Å². The predicted octanol–water partition coefficient (Wildman–Crippen LogP) is 4.41. The van der Waals surface area contributed by atoms with Crippen LogP contribution in [0.25, 0.3) is 0 Å². The van der Waals surface area contributed by atoms with Crippen LogP contribution in [0, 0.1) is 17.0 Å². The Bertz CT molecular complexity index is 658. The van der Waals surface area contributed by atoms with Crippen molar-refractivity contribution in [1.82, 2.24) is 5.32 Å². The van der Waals surface area contributed by atoms with Crippen LogP contribution in [0.3, 0.4) is 0 Å². The molecule has 21 heavy (non-hydrogen) atoms. The van der Waals surface area contributed by atoms with Gasteiger partial charge in [-0.1, -0.05) is 41.4 Å². The first kappa shape index (κ1) is 15.5. The number of hydrogen-bond donors (Lipinski definition) is 1. The molecule has 0 bridgehead atoms. The van der Waals surface area contributed by atoms with Gasteiger partial charge in [-0.15, -0.1) is 0 Å². The van der Waals surface area contributed by atoms with Crippen molar-refractivity contribution >= 4 is 17.3 Å². The molecule has 4 nitrogen and oxygen atoms in total. The molecule has 0 spiro atoms. The molecule has 0 saturated carbocycles. The molecule has 2 aromatic carbocycles. The van der Waals surface area contributed by atoms with Crippen LogP contribution in [-0.4, -0.2) is 4.92 Å². The van der Waals surface area contributed by atoms with Gasteiger partial charge >= 0.3 is 0 Å². The Labute approximate surface area is 128 Å². The van der Waals surface area contributed by atoms with Crippen LogP contribution in [-0.2, 0) is 6.54 Å². The number of nitrogens with zero attached hydrogens (tertiary/aromatic N) is 1. The maximum absolute atomic E-state index is 11.1. The molecule has 0 aromatic heterocycles. The van der Waals surface area contributed by atoms with E-state index in [0.717, 1.165) is 5.56 Å². The third-order valence-corrected chi connectivity index (χ3v) is 3.62.